The molecule has 0 amide bonds. The minimum absolute atomic E-state index is 0.278. The van der Waals surface area contributed by atoms with E-state index in [1.807, 2.05) is 7.05 Å². The Morgan fingerprint density at radius 3 is 2.31 bits per heavy atom. The standard InChI is InChI=1S/C18H31N5O2S/c1-21-12-14-23(15-13-21)26(24,25)17-6-7-18(20-16-17)19-8-11-22-9-4-2-3-5-10-22/h6-7,16H,2-5,8-15H2,1H3,(H,19,20). The van der Waals surface area contributed by atoms with Gasteiger partial charge >= 0.3 is 0 Å². The number of nitrogens with zero attached hydrogens (tertiary/aromatic N) is 4. The predicted molar refractivity (Wildman–Crippen MR) is 104 cm³/mol. The lowest BCUT2D eigenvalue weighted by atomic mass is 10.2. The van der Waals surface area contributed by atoms with Gasteiger partial charge < -0.3 is 15.1 Å². The van der Waals surface area contributed by atoms with Crippen LogP contribution in [0.2, 0.25) is 0 Å². The highest BCUT2D eigenvalue weighted by atomic mass is 32.2. The Morgan fingerprint density at radius 2 is 1.69 bits per heavy atom. The molecule has 2 aliphatic heterocycles. The third-order valence-electron chi connectivity index (χ3n) is 5.27. The molecule has 26 heavy (non-hydrogen) atoms. The summed E-state index contributed by atoms with van der Waals surface area (Å²) in [7, 11) is -1.42. The van der Waals surface area contributed by atoms with Crippen LogP contribution in [0.15, 0.2) is 23.2 Å². The third-order valence-corrected chi connectivity index (χ3v) is 7.15. The van der Waals surface area contributed by atoms with Crippen LogP contribution >= 0.6 is 0 Å². The molecule has 3 heterocycles. The van der Waals surface area contributed by atoms with Gasteiger partial charge in [-0.1, -0.05) is 12.8 Å². The molecule has 1 aromatic rings. The minimum atomic E-state index is -3.44. The van der Waals surface area contributed by atoms with Crippen LogP contribution in [0.5, 0.6) is 0 Å². The number of aromatic nitrogens is 1. The maximum atomic E-state index is 12.7. The molecule has 3 rings (SSSR count). The maximum Gasteiger partial charge on any atom is 0.244 e. The Kier molecular flexibility index (Phi) is 6.86. The summed E-state index contributed by atoms with van der Waals surface area (Å²) in [6.45, 7) is 6.80. The molecule has 2 saturated heterocycles. The first kappa shape index (κ1) is 19.5. The number of piperazine rings is 1. The van der Waals surface area contributed by atoms with E-state index in [2.05, 4.69) is 20.1 Å². The molecule has 0 atom stereocenters. The van der Waals surface area contributed by atoms with Gasteiger partial charge in [0, 0.05) is 45.5 Å². The van der Waals surface area contributed by atoms with Crippen molar-refractivity contribution in [3.05, 3.63) is 18.3 Å². The lowest BCUT2D eigenvalue weighted by Gasteiger charge is -2.31. The molecule has 0 bridgehead atoms. The van der Waals surface area contributed by atoms with Crippen molar-refractivity contribution in [3.8, 4) is 0 Å². The van der Waals surface area contributed by atoms with Crippen LogP contribution in [0.25, 0.3) is 0 Å². The van der Waals surface area contributed by atoms with E-state index in [-0.39, 0.29) is 4.90 Å². The SMILES string of the molecule is CN1CCN(S(=O)(=O)c2ccc(NCCN3CCCCCC3)nc2)CC1. The molecule has 0 saturated carbocycles. The summed E-state index contributed by atoms with van der Waals surface area (Å²) >= 11 is 0. The summed E-state index contributed by atoms with van der Waals surface area (Å²) in [6.07, 6.45) is 6.74. The van der Waals surface area contributed by atoms with E-state index in [1.165, 1.54) is 45.0 Å². The fraction of sp³-hybridized carbons (Fsp3) is 0.722. The molecule has 2 fully saturated rings. The lowest BCUT2D eigenvalue weighted by Crippen LogP contribution is -2.47. The molecule has 146 valence electrons. The highest BCUT2D eigenvalue weighted by molar-refractivity contribution is 7.89. The van der Waals surface area contributed by atoms with E-state index in [9.17, 15) is 8.42 Å². The van der Waals surface area contributed by atoms with Crippen LogP contribution in [0.4, 0.5) is 5.82 Å². The summed E-state index contributed by atoms with van der Waals surface area (Å²) in [4.78, 5) is 9.22. The van der Waals surface area contributed by atoms with Crippen molar-refractivity contribution in [2.45, 2.75) is 30.6 Å². The molecule has 0 radical (unpaired) electrons. The first-order chi connectivity index (χ1) is 12.6. The fourth-order valence-corrected chi connectivity index (χ4v) is 4.88. The first-order valence-electron chi connectivity index (χ1n) is 9.67. The van der Waals surface area contributed by atoms with Crippen molar-refractivity contribution in [3.63, 3.8) is 0 Å². The van der Waals surface area contributed by atoms with E-state index in [0.717, 1.165) is 32.0 Å². The largest absolute Gasteiger partial charge is 0.369 e. The van der Waals surface area contributed by atoms with Gasteiger partial charge in [-0.05, 0) is 45.1 Å². The molecule has 0 spiro atoms. The van der Waals surface area contributed by atoms with Crippen molar-refractivity contribution < 1.29 is 8.42 Å². The molecule has 0 aromatic carbocycles. The van der Waals surface area contributed by atoms with Gasteiger partial charge in [-0.3, -0.25) is 0 Å². The number of anilines is 1. The van der Waals surface area contributed by atoms with Crippen LogP contribution < -0.4 is 5.32 Å². The van der Waals surface area contributed by atoms with Crippen molar-refractivity contribution in [1.29, 1.82) is 0 Å². The average Bonchev–Trinajstić information content (AvgIpc) is 2.91. The zero-order valence-corrected chi connectivity index (χ0v) is 16.5. The van der Waals surface area contributed by atoms with Gasteiger partial charge in [0.1, 0.15) is 10.7 Å². The monoisotopic (exact) mass is 381 g/mol. The number of rotatable bonds is 6. The summed E-state index contributed by atoms with van der Waals surface area (Å²) in [6, 6.07) is 3.43. The van der Waals surface area contributed by atoms with Gasteiger partial charge in [-0.15, -0.1) is 0 Å². The average molecular weight is 382 g/mol. The normalized spacial score (nSPS) is 21.4. The van der Waals surface area contributed by atoms with Crippen LogP contribution in [0, 0.1) is 0 Å². The molecule has 1 aromatic heterocycles. The molecule has 0 unspecified atom stereocenters. The molecule has 0 aliphatic carbocycles. The zero-order valence-electron chi connectivity index (χ0n) is 15.7. The van der Waals surface area contributed by atoms with Crippen molar-refractivity contribution in [1.82, 2.24) is 19.1 Å². The summed E-state index contributed by atoms with van der Waals surface area (Å²) in [5.74, 6) is 0.733. The van der Waals surface area contributed by atoms with Crippen LogP contribution in [0.3, 0.4) is 0 Å². The van der Waals surface area contributed by atoms with Gasteiger partial charge in [0.05, 0.1) is 0 Å². The number of sulfonamides is 1. The Balaban J connectivity index is 1.51. The Morgan fingerprint density at radius 1 is 1.00 bits per heavy atom. The summed E-state index contributed by atoms with van der Waals surface area (Å²) < 4.78 is 26.9. The van der Waals surface area contributed by atoms with Gasteiger partial charge in [0.15, 0.2) is 0 Å². The predicted octanol–water partition coefficient (Wildman–Crippen LogP) is 1.31. The molecule has 8 heteroatoms. The number of nitrogens with one attached hydrogen (secondary N) is 1. The van der Waals surface area contributed by atoms with E-state index >= 15 is 0 Å². The van der Waals surface area contributed by atoms with Crippen molar-refractivity contribution in [2.75, 3.05) is 64.7 Å². The third kappa shape index (κ3) is 5.16. The smallest absolute Gasteiger partial charge is 0.244 e. The highest BCUT2D eigenvalue weighted by Gasteiger charge is 2.27. The topological polar surface area (TPSA) is 68.8 Å². The second kappa shape index (κ2) is 9.12. The second-order valence-corrected chi connectivity index (χ2v) is 9.21. The van der Waals surface area contributed by atoms with E-state index in [1.54, 1.807) is 16.4 Å². The molecule has 7 nitrogen and oxygen atoms in total. The number of hydrogen-bond acceptors (Lipinski definition) is 6. The number of pyridine rings is 1. The van der Waals surface area contributed by atoms with E-state index < -0.39 is 10.0 Å². The molecular weight excluding hydrogens is 350 g/mol. The Bertz CT molecular complexity index is 649. The van der Waals surface area contributed by atoms with E-state index in [4.69, 9.17) is 0 Å². The number of likely N-dealkylation sites (N-methyl/N-ethyl adjacent to an activating group) is 1. The van der Waals surface area contributed by atoms with Gasteiger partial charge in [-0.2, -0.15) is 4.31 Å². The number of likely N-dealkylation sites (tertiary alicyclic amines) is 1. The summed E-state index contributed by atoms with van der Waals surface area (Å²) in [5, 5.41) is 3.31. The highest BCUT2D eigenvalue weighted by Crippen LogP contribution is 2.18. The number of hydrogen-bond donors (Lipinski definition) is 1. The Labute approximate surface area is 157 Å². The molecular formula is C18H31N5O2S. The van der Waals surface area contributed by atoms with Crippen molar-refractivity contribution in [2.24, 2.45) is 0 Å². The van der Waals surface area contributed by atoms with Crippen molar-refractivity contribution >= 4 is 15.8 Å². The minimum Gasteiger partial charge on any atom is -0.369 e. The van der Waals surface area contributed by atoms with Gasteiger partial charge in [-0.25, -0.2) is 13.4 Å². The van der Waals surface area contributed by atoms with E-state index in [0.29, 0.717) is 13.1 Å². The first-order valence-corrected chi connectivity index (χ1v) is 11.1. The van der Waals surface area contributed by atoms with Crippen LogP contribution in [0.1, 0.15) is 25.7 Å². The quantitative estimate of drug-likeness (QED) is 0.801. The zero-order chi connectivity index (χ0) is 18.4. The lowest BCUT2D eigenvalue weighted by molar-refractivity contribution is 0.222. The molecule has 1 N–H and O–H groups in total. The van der Waals surface area contributed by atoms with Gasteiger partial charge in [0.2, 0.25) is 10.0 Å². The molecule has 2 aliphatic rings. The fourth-order valence-electron chi connectivity index (χ4n) is 3.52. The van der Waals surface area contributed by atoms with Crippen LogP contribution in [-0.2, 0) is 10.0 Å². The van der Waals surface area contributed by atoms with Gasteiger partial charge in [0.25, 0.3) is 0 Å². The van der Waals surface area contributed by atoms with Crippen LogP contribution in [-0.4, -0.2) is 86.9 Å². The second-order valence-electron chi connectivity index (χ2n) is 7.27. The maximum absolute atomic E-state index is 12.7. The summed E-state index contributed by atoms with van der Waals surface area (Å²) in [5.41, 5.74) is 0. The Hall–Kier alpha value is -1.22.